The Morgan fingerprint density at radius 3 is 1.97 bits per heavy atom. The monoisotopic (exact) mass is 423 g/mol. The molecule has 0 fully saturated rings. The molecule has 8 heteroatoms. The lowest BCUT2D eigenvalue weighted by Crippen LogP contribution is -2.36. The van der Waals surface area contributed by atoms with Crippen molar-refractivity contribution in [2.75, 3.05) is 11.3 Å². The van der Waals surface area contributed by atoms with E-state index < -0.39 is 15.9 Å². The highest BCUT2D eigenvalue weighted by atomic mass is 32.2. The largest absolute Gasteiger partial charge is 0.350 e. The summed E-state index contributed by atoms with van der Waals surface area (Å²) in [7, 11) is -3.70. The quantitative estimate of drug-likeness (QED) is 0.518. The Kier molecular flexibility index (Phi) is 6.82. The fraction of sp³-hybridized carbons (Fsp3) is 0.0909. The Morgan fingerprint density at radius 1 is 0.733 bits per heavy atom. The maximum atomic E-state index is 12.3. The van der Waals surface area contributed by atoms with Crippen LogP contribution in [0.3, 0.4) is 0 Å². The van der Waals surface area contributed by atoms with E-state index in [-0.39, 0.29) is 17.3 Å². The summed E-state index contributed by atoms with van der Waals surface area (Å²) in [5, 5.41) is 5.26. The third kappa shape index (κ3) is 5.92. The average Bonchev–Trinajstić information content (AvgIpc) is 2.77. The lowest BCUT2D eigenvalue weighted by molar-refractivity contribution is -0.120. The van der Waals surface area contributed by atoms with Crippen molar-refractivity contribution in [3.05, 3.63) is 96.1 Å². The lowest BCUT2D eigenvalue weighted by atomic mass is 10.2. The number of hydrogen-bond acceptors (Lipinski definition) is 4. The van der Waals surface area contributed by atoms with E-state index in [0.717, 1.165) is 5.56 Å². The maximum Gasteiger partial charge on any atom is 0.261 e. The Bertz CT molecular complexity index is 1100. The van der Waals surface area contributed by atoms with Crippen molar-refractivity contribution < 1.29 is 18.0 Å². The highest BCUT2D eigenvalue weighted by Gasteiger charge is 2.14. The summed E-state index contributed by atoms with van der Waals surface area (Å²) in [6.45, 7) is 0.222. The molecule has 0 aliphatic carbocycles. The molecule has 0 unspecified atom stereocenters. The van der Waals surface area contributed by atoms with Crippen LogP contribution in [0.15, 0.2) is 89.8 Å². The van der Waals surface area contributed by atoms with Gasteiger partial charge in [0.05, 0.1) is 11.4 Å². The molecule has 3 rings (SSSR count). The van der Waals surface area contributed by atoms with Gasteiger partial charge in [0.1, 0.15) is 0 Å². The first-order chi connectivity index (χ1) is 14.4. The minimum absolute atomic E-state index is 0.147. The van der Waals surface area contributed by atoms with Gasteiger partial charge in [-0.2, -0.15) is 0 Å². The Labute approximate surface area is 175 Å². The van der Waals surface area contributed by atoms with Crippen LogP contribution in [0, 0.1) is 0 Å². The minimum atomic E-state index is -3.70. The molecule has 0 aliphatic rings. The number of nitrogens with one attached hydrogen (secondary N) is 3. The third-order valence-corrected chi connectivity index (χ3v) is 5.59. The van der Waals surface area contributed by atoms with Crippen LogP contribution in [0.1, 0.15) is 15.9 Å². The number of rotatable bonds is 8. The van der Waals surface area contributed by atoms with Gasteiger partial charge in [0.25, 0.3) is 15.9 Å². The van der Waals surface area contributed by atoms with Gasteiger partial charge in [0.2, 0.25) is 5.91 Å². The number of benzene rings is 3. The number of carbonyl (C=O) groups excluding carboxylic acids is 2. The van der Waals surface area contributed by atoms with Crippen LogP contribution in [0.4, 0.5) is 5.69 Å². The summed E-state index contributed by atoms with van der Waals surface area (Å²) in [5.41, 5.74) is 1.61. The van der Waals surface area contributed by atoms with E-state index in [4.69, 9.17) is 0 Å². The molecule has 3 aromatic rings. The van der Waals surface area contributed by atoms with Crippen LogP contribution < -0.4 is 15.4 Å². The molecule has 7 nitrogen and oxygen atoms in total. The van der Waals surface area contributed by atoms with E-state index >= 15 is 0 Å². The summed E-state index contributed by atoms with van der Waals surface area (Å²) in [6, 6.07) is 23.4. The second-order valence-corrected chi connectivity index (χ2v) is 8.12. The molecule has 0 aliphatic heterocycles. The molecule has 0 bridgehead atoms. The molecule has 0 saturated carbocycles. The predicted octanol–water partition coefficient (Wildman–Crippen LogP) is 2.53. The van der Waals surface area contributed by atoms with Crippen LogP contribution in [0.5, 0.6) is 0 Å². The molecule has 2 amide bonds. The molecule has 30 heavy (non-hydrogen) atoms. The topological polar surface area (TPSA) is 104 Å². The van der Waals surface area contributed by atoms with Gasteiger partial charge in [-0.05, 0) is 42.0 Å². The van der Waals surface area contributed by atoms with Crippen molar-refractivity contribution in [1.29, 1.82) is 0 Å². The number of carbonyl (C=O) groups is 2. The van der Waals surface area contributed by atoms with E-state index in [1.807, 2.05) is 30.3 Å². The number of amides is 2. The second kappa shape index (κ2) is 9.71. The van der Waals surface area contributed by atoms with Crippen LogP contribution in [-0.4, -0.2) is 26.8 Å². The van der Waals surface area contributed by atoms with Crippen molar-refractivity contribution in [1.82, 2.24) is 10.6 Å². The summed E-state index contributed by atoms with van der Waals surface area (Å²) in [4.78, 5) is 24.3. The van der Waals surface area contributed by atoms with Gasteiger partial charge in [-0.1, -0.05) is 48.5 Å². The maximum absolute atomic E-state index is 12.3. The SMILES string of the molecule is O=C(CNC(=O)c1ccc(NS(=O)(=O)c2ccccc2)cc1)NCc1ccccc1. The fourth-order valence-electron chi connectivity index (χ4n) is 2.62. The van der Waals surface area contributed by atoms with Gasteiger partial charge in [-0.25, -0.2) is 8.42 Å². The predicted molar refractivity (Wildman–Crippen MR) is 114 cm³/mol. The Hall–Kier alpha value is -3.65. The summed E-state index contributed by atoms with van der Waals surface area (Å²) in [6.07, 6.45) is 0. The number of hydrogen-bond donors (Lipinski definition) is 3. The first-order valence-corrected chi connectivity index (χ1v) is 10.7. The van der Waals surface area contributed by atoms with Crippen molar-refractivity contribution in [3.8, 4) is 0 Å². The first kappa shape index (κ1) is 21.1. The number of sulfonamides is 1. The van der Waals surface area contributed by atoms with Gasteiger partial charge < -0.3 is 10.6 Å². The van der Waals surface area contributed by atoms with Crippen LogP contribution in [0.25, 0.3) is 0 Å². The van der Waals surface area contributed by atoms with E-state index in [0.29, 0.717) is 17.8 Å². The first-order valence-electron chi connectivity index (χ1n) is 9.21. The molecule has 0 aromatic heterocycles. The molecular formula is C22H21N3O4S. The fourth-order valence-corrected chi connectivity index (χ4v) is 3.70. The molecular weight excluding hydrogens is 402 g/mol. The van der Waals surface area contributed by atoms with Crippen molar-refractivity contribution in [2.45, 2.75) is 11.4 Å². The molecule has 0 heterocycles. The van der Waals surface area contributed by atoms with E-state index in [2.05, 4.69) is 15.4 Å². The molecule has 3 aromatic carbocycles. The zero-order valence-corrected chi connectivity index (χ0v) is 16.9. The Balaban J connectivity index is 1.50. The molecule has 3 N–H and O–H groups in total. The summed E-state index contributed by atoms with van der Waals surface area (Å²) in [5.74, 6) is -0.734. The van der Waals surface area contributed by atoms with Crippen LogP contribution in [0.2, 0.25) is 0 Å². The number of anilines is 1. The molecule has 154 valence electrons. The zero-order chi connectivity index (χ0) is 21.4. The van der Waals surface area contributed by atoms with Crippen molar-refractivity contribution in [3.63, 3.8) is 0 Å². The summed E-state index contributed by atoms with van der Waals surface area (Å²) >= 11 is 0. The molecule has 0 saturated heterocycles. The van der Waals surface area contributed by atoms with Gasteiger partial charge in [-0.15, -0.1) is 0 Å². The van der Waals surface area contributed by atoms with Crippen LogP contribution in [-0.2, 0) is 21.4 Å². The van der Waals surface area contributed by atoms with Crippen molar-refractivity contribution in [2.24, 2.45) is 0 Å². The smallest absolute Gasteiger partial charge is 0.261 e. The van der Waals surface area contributed by atoms with Gasteiger partial charge in [0.15, 0.2) is 0 Å². The highest BCUT2D eigenvalue weighted by molar-refractivity contribution is 7.92. The van der Waals surface area contributed by atoms with Gasteiger partial charge in [-0.3, -0.25) is 14.3 Å². The van der Waals surface area contributed by atoms with Gasteiger partial charge >= 0.3 is 0 Å². The average molecular weight is 423 g/mol. The standard InChI is InChI=1S/C22H21N3O4S/c26-21(23-15-17-7-3-1-4-8-17)16-24-22(27)18-11-13-19(14-12-18)25-30(28,29)20-9-5-2-6-10-20/h1-14,25H,15-16H2,(H,23,26)(H,24,27). The molecule has 0 radical (unpaired) electrons. The normalized spacial score (nSPS) is 10.8. The van der Waals surface area contributed by atoms with E-state index in [9.17, 15) is 18.0 Å². The zero-order valence-electron chi connectivity index (χ0n) is 16.0. The third-order valence-electron chi connectivity index (χ3n) is 4.19. The lowest BCUT2D eigenvalue weighted by Gasteiger charge is -2.09. The summed E-state index contributed by atoms with van der Waals surface area (Å²) < 4.78 is 27.1. The van der Waals surface area contributed by atoms with E-state index in [1.165, 1.54) is 36.4 Å². The highest BCUT2D eigenvalue weighted by Crippen LogP contribution is 2.16. The van der Waals surface area contributed by atoms with Crippen molar-refractivity contribution >= 4 is 27.5 Å². The van der Waals surface area contributed by atoms with Crippen LogP contribution >= 0.6 is 0 Å². The Morgan fingerprint density at radius 2 is 1.33 bits per heavy atom. The van der Waals surface area contributed by atoms with Gasteiger partial charge in [0, 0.05) is 17.8 Å². The molecule has 0 atom stereocenters. The second-order valence-electron chi connectivity index (χ2n) is 6.44. The minimum Gasteiger partial charge on any atom is -0.350 e. The van der Waals surface area contributed by atoms with E-state index in [1.54, 1.807) is 18.2 Å². The molecule has 0 spiro atoms.